The Morgan fingerprint density at radius 3 is 2.69 bits per heavy atom. The molecule has 1 aromatic carbocycles. The lowest BCUT2D eigenvalue weighted by atomic mass is 10.0. The molecule has 6 nitrogen and oxygen atoms in total. The van der Waals surface area contributed by atoms with E-state index in [0.29, 0.717) is 0 Å². The number of aryl methyl sites for hydroxylation is 3. The van der Waals surface area contributed by atoms with Crippen molar-refractivity contribution >= 4 is 11.5 Å². The summed E-state index contributed by atoms with van der Waals surface area (Å²) in [5.74, 6) is 1.99. The standard InChI is InChI=1S/C20H22N6/c1-15-14-20(26-19(23-15)8-10-22-26)24-18(17-6-4-3-5-7-17)9-12-25-13-11-21-16(25)2/h3-8,10-11,13-14,18,24H,9,12H2,1-2H3. The summed E-state index contributed by atoms with van der Waals surface area (Å²) in [6, 6.07) is 14.6. The van der Waals surface area contributed by atoms with Crippen molar-refractivity contribution in [2.24, 2.45) is 0 Å². The maximum atomic E-state index is 4.52. The van der Waals surface area contributed by atoms with Crippen molar-refractivity contribution in [2.75, 3.05) is 5.32 Å². The van der Waals surface area contributed by atoms with Crippen molar-refractivity contribution in [3.8, 4) is 0 Å². The molecule has 3 heterocycles. The van der Waals surface area contributed by atoms with E-state index in [0.717, 1.165) is 35.9 Å². The van der Waals surface area contributed by atoms with Crippen LogP contribution in [0.2, 0.25) is 0 Å². The highest BCUT2D eigenvalue weighted by atomic mass is 15.3. The van der Waals surface area contributed by atoms with E-state index >= 15 is 0 Å². The van der Waals surface area contributed by atoms with Gasteiger partial charge in [-0.15, -0.1) is 0 Å². The van der Waals surface area contributed by atoms with E-state index in [-0.39, 0.29) is 6.04 Å². The number of fused-ring (bicyclic) bond motifs is 1. The van der Waals surface area contributed by atoms with Gasteiger partial charge in [0.1, 0.15) is 11.6 Å². The number of benzene rings is 1. The fourth-order valence-electron chi connectivity index (χ4n) is 3.24. The lowest BCUT2D eigenvalue weighted by molar-refractivity contribution is 0.571. The highest BCUT2D eigenvalue weighted by molar-refractivity contribution is 5.50. The summed E-state index contributed by atoms with van der Waals surface area (Å²) < 4.78 is 4.03. The number of nitrogens with one attached hydrogen (secondary N) is 1. The summed E-state index contributed by atoms with van der Waals surface area (Å²) in [4.78, 5) is 8.84. The van der Waals surface area contributed by atoms with Crippen LogP contribution in [0, 0.1) is 13.8 Å². The largest absolute Gasteiger partial charge is 0.363 e. The lowest BCUT2D eigenvalue weighted by Gasteiger charge is -2.21. The van der Waals surface area contributed by atoms with Crippen LogP contribution in [-0.4, -0.2) is 24.1 Å². The molecule has 6 heteroatoms. The molecule has 1 unspecified atom stereocenters. The van der Waals surface area contributed by atoms with Gasteiger partial charge in [0, 0.05) is 36.8 Å². The Kier molecular flexibility index (Phi) is 4.39. The normalized spacial score (nSPS) is 12.4. The van der Waals surface area contributed by atoms with Crippen molar-refractivity contribution in [3.05, 3.63) is 78.1 Å². The summed E-state index contributed by atoms with van der Waals surface area (Å²) in [7, 11) is 0. The summed E-state index contributed by atoms with van der Waals surface area (Å²) in [6.07, 6.45) is 6.59. The quantitative estimate of drug-likeness (QED) is 0.577. The number of anilines is 1. The average Bonchev–Trinajstić information content (AvgIpc) is 3.28. The third kappa shape index (κ3) is 3.31. The first kappa shape index (κ1) is 16.3. The van der Waals surface area contributed by atoms with Crippen molar-refractivity contribution in [1.29, 1.82) is 0 Å². The van der Waals surface area contributed by atoms with Crippen LogP contribution < -0.4 is 5.32 Å². The molecular weight excluding hydrogens is 324 g/mol. The molecule has 4 rings (SSSR count). The molecular formula is C20H22N6. The van der Waals surface area contributed by atoms with Crippen LogP contribution in [-0.2, 0) is 6.54 Å². The molecule has 3 aromatic heterocycles. The average molecular weight is 346 g/mol. The van der Waals surface area contributed by atoms with Crippen LogP contribution in [0.5, 0.6) is 0 Å². The monoisotopic (exact) mass is 346 g/mol. The number of nitrogens with zero attached hydrogens (tertiary/aromatic N) is 5. The van der Waals surface area contributed by atoms with E-state index < -0.39 is 0 Å². The Bertz CT molecular complexity index is 1000. The van der Waals surface area contributed by atoms with Gasteiger partial charge in [0.25, 0.3) is 0 Å². The van der Waals surface area contributed by atoms with Gasteiger partial charge in [-0.05, 0) is 25.8 Å². The summed E-state index contributed by atoms with van der Waals surface area (Å²) in [5.41, 5.74) is 3.07. The van der Waals surface area contributed by atoms with Gasteiger partial charge in [0.05, 0.1) is 12.2 Å². The van der Waals surface area contributed by atoms with Gasteiger partial charge in [0.2, 0.25) is 0 Å². The Morgan fingerprint density at radius 2 is 1.92 bits per heavy atom. The number of rotatable bonds is 6. The van der Waals surface area contributed by atoms with Crippen molar-refractivity contribution in [1.82, 2.24) is 24.1 Å². The van der Waals surface area contributed by atoms with Crippen LogP contribution in [0.25, 0.3) is 5.65 Å². The zero-order valence-corrected chi connectivity index (χ0v) is 15.0. The Labute approximate surface area is 152 Å². The Morgan fingerprint density at radius 1 is 1.08 bits per heavy atom. The Balaban J connectivity index is 1.64. The van der Waals surface area contributed by atoms with Gasteiger partial charge in [-0.2, -0.15) is 9.61 Å². The van der Waals surface area contributed by atoms with E-state index in [1.54, 1.807) is 6.20 Å². The second-order valence-electron chi connectivity index (χ2n) is 6.45. The molecule has 132 valence electrons. The molecule has 1 atom stereocenters. The van der Waals surface area contributed by atoms with Gasteiger partial charge in [-0.25, -0.2) is 9.97 Å². The first-order chi connectivity index (χ1) is 12.7. The molecule has 0 bridgehead atoms. The van der Waals surface area contributed by atoms with Crippen molar-refractivity contribution in [3.63, 3.8) is 0 Å². The topological polar surface area (TPSA) is 60.0 Å². The minimum atomic E-state index is 0.159. The van der Waals surface area contributed by atoms with E-state index in [9.17, 15) is 0 Å². The molecule has 26 heavy (non-hydrogen) atoms. The van der Waals surface area contributed by atoms with E-state index in [1.807, 2.05) is 49.0 Å². The second kappa shape index (κ2) is 7.00. The zero-order valence-electron chi connectivity index (χ0n) is 15.0. The van der Waals surface area contributed by atoms with Crippen molar-refractivity contribution in [2.45, 2.75) is 32.9 Å². The second-order valence-corrected chi connectivity index (χ2v) is 6.45. The highest BCUT2D eigenvalue weighted by Gasteiger charge is 2.14. The van der Waals surface area contributed by atoms with Gasteiger partial charge in [-0.3, -0.25) is 0 Å². The van der Waals surface area contributed by atoms with Gasteiger partial charge >= 0.3 is 0 Å². The van der Waals surface area contributed by atoms with E-state index in [2.05, 4.69) is 49.2 Å². The SMILES string of the molecule is Cc1cc(NC(CCn2ccnc2C)c2ccccc2)n2nccc2n1. The van der Waals surface area contributed by atoms with Crippen LogP contribution in [0.3, 0.4) is 0 Å². The van der Waals surface area contributed by atoms with E-state index in [1.165, 1.54) is 5.56 Å². The van der Waals surface area contributed by atoms with Gasteiger partial charge in [-0.1, -0.05) is 30.3 Å². The third-order valence-corrected chi connectivity index (χ3v) is 4.59. The van der Waals surface area contributed by atoms with Crippen LogP contribution >= 0.6 is 0 Å². The predicted molar refractivity (Wildman–Crippen MR) is 102 cm³/mol. The van der Waals surface area contributed by atoms with Crippen LogP contribution in [0.4, 0.5) is 5.82 Å². The minimum absolute atomic E-state index is 0.159. The number of imidazole rings is 1. The van der Waals surface area contributed by atoms with Crippen LogP contribution in [0.15, 0.2) is 61.1 Å². The lowest BCUT2D eigenvalue weighted by Crippen LogP contribution is -2.16. The molecule has 0 radical (unpaired) electrons. The molecule has 0 amide bonds. The molecule has 0 fully saturated rings. The maximum absolute atomic E-state index is 4.52. The number of hydrogen-bond acceptors (Lipinski definition) is 4. The number of hydrogen-bond donors (Lipinski definition) is 1. The molecule has 0 aliphatic carbocycles. The smallest absolute Gasteiger partial charge is 0.157 e. The first-order valence-corrected chi connectivity index (χ1v) is 8.81. The highest BCUT2D eigenvalue weighted by Crippen LogP contribution is 2.24. The molecule has 0 spiro atoms. The maximum Gasteiger partial charge on any atom is 0.157 e. The molecule has 1 N–H and O–H groups in total. The number of aromatic nitrogens is 5. The molecule has 0 aliphatic rings. The third-order valence-electron chi connectivity index (χ3n) is 4.59. The van der Waals surface area contributed by atoms with Crippen molar-refractivity contribution < 1.29 is 0 Å². The summed E-state index contributed by atoms with van der Waals surface area (Å²) >= 11 is 0. The molecule has 4 aromatic rings. The zero-order chi connectivity index (χ0) is 17.9. The van der Waals surface area contributed by atoms with Gasteiger partial charge < -0.3 is 9.88 Å². The fraction of sp³-hybridized carbons (Fsp3) is 0.250. The fourth-order valence-corrected chi connectivity index (χ4v) is 3.24. The predicted octanol–water partition coefficient (Wildman–Crippen LogP) is 3.79. The molecule has 0 saturated heterocycles. The molecule has 0 aliphatic heterocycles. The summed E-state index contributed by atoms with van der Waals surface area (Å²) in [6.45, 7) is 4.93. The molecule has 0 saturated carbocycles. The Hall–Kier alpha value is -3.15. The van der Waals surface area contributed by atoms with E-state index in [4.69, 9.17) is 0 Å². The van der Waals surface area contributed by atoms with Crippen LogP contribution in [0.1, 0.15) is 29.5 Å². The minimum Gasteiger partial charge on any atom is -0.363 e. The summed E-state index contributed by atoms with van der Waals surface area (Å²) in [5, 5.41) is 8.08. The van der Waals surface area contributed by atoms with Gasteiger partial charge in [0.15, 0.2) is 5.65 Å². The first-order valence-electron chi connectivity index (χ1n) is 8.81.